The van der Waals surface area contributed by atoms with Gasteiger partial charge in [-0.25, -0.2) is 9.67 Å². The van der Waals surface area contributed by atoms with Gasteiger partial charge in [0.15, 0.2) is 0 Å². The van der Waals surface area contributed by atoms with Crippen LogP contribution in [0, 0.1) is 24.2 Å². The molecule has 0 bridgehead atoms. The van der Waals surface area contributed by atoms with Gasteiger partial charge in [0.1, 0.15) is 5.82 Å². The molecule has 6 nitrogen and oxygen atoms in total. The monoisotopic (exact) mass is 367 g/mol. The molecule has 2 rings (SSSR count). The fourth-order valence-electron chi connectivity index (χ4n) is 2.93. The van der Waals surface area contributed by atoms with Gasteiger partial charge < -0.3 is 4.90 Å². The van der Waals surface area contributed by atoms with Crippen LogP contribution in [0.25, 0.3) is 5.69 Å². The van der Waals surface area contributed by atoms with E-state index in [0.29, 0.717) is 37.2 Å². The van der Waals surface area contributed by atoms with Gasteiger partial charge >= 0.3 is 0 Å². The van der Waals surface area contributed by atoms with Crippen molar-refractivity contribution in [2.45, 2.75) is 53.4 Å². The normalized spacial score (nSPS) is 11.0. The summed E-state index contributed by atoms with van der Waals surface area (Å²) < 4.78 is 1.74. The summed E-state index contributed by atoms with van der Waals surface area (Å²) >= 11 is 0. The van der Waals surface area contributed by atoms with Crippen molar-refractivity contribution >= 4 is 5.91 Å². The second-order valence-electron chi connectivity index (χ2n) is 7.49. The number of hydrogen-bond acceptors (Lipinski definition) is 4. The number of nitriles is 1. The Bertz CT molecular complexity index is 816. The zero-order valence-corrected chi connectivity index (χ0v) is 16.9. The van der Waals surface area contributed by atoms with Crippen LogP contribution in [-0.2, 0) is 0 Å². The molecular formula is C21H29N5O. The van der Waals surface area contributed by atoms with Gasteiger partial charge in [-0.15, -0.1) is 5.10 Å². The van der Waals surface area contributed by atoms with Crippen molar-refractivity contribution in [1.29, 1.82) is 5.26 Å². The van der Waals surface area contributed by atoms with Crippen molar-refractivity contribution in [3.05, 3.63) is 41.5 Å². The number of carbonyl (C=O) groups excluding carboxylic acids is 1. The fourth-order valence-corrected chi connectivity index (χ4v) is 2.93. The maximum absolute atomic E-state index is 13.0. The largest absolute Gasteiger partial charge is 0.335 e. The lowest BCUT2D eigenvalue weighted by molar-refractivity contribution is 0.0739. The van der Waals surface area contributed by atoms with Crippen molar-refractivity contribution in [3.8, 4) is 11.8 Å². The summed E-state index contributed by atoms with van der Waals surface area (Å²) in [5.41, 5.74) is 2.10. The molecule has 144 valence electrons. The first-order valence-corrected chi connectivity index (χ1v) is 9.54. The van der Waals surface area contributed by atoms with Crippen LogP contribution < -0.4 is 0 Å². The van der Waals surface area contributed by atoms with E-state index < -0.39 is 0 Å². The van der Waals surface area contributed by atoms with E-state index in [9.17, 15) is 4.79 Å². The molecule has 0 aliphatic carbocycles. The van der Waals surface area contributed by atoms with Gasteiger partial charge in [-0.3, -0.25) is 4.79 Å². The smallest absolute Gasteiger partial charge is 0.293 e. The highest BCUT2D eigenvalue weighted by molar-refractivity contribution is 5.90. The lowest BCUT2D eigenvalue weighted by Gasteiger charge is -2.21. The zero-order chi connectivity index (χ0) is 20.0. The molecule has 2 aromatic rings. The Labute approximate surface area is 161 Å². The number of rotatable bonds is 8. The molecule has 0 saturated heterocycles. The van der Waals surface area contributed by atoms with E-state index in [-0.39, 0.29) is 11.7 Å². The summed E-state index contributed by atoms with van der Waals surface area (Å²) in [6.45, 7) is 11.4. The average molecular weight is 367 g/mol. The quantitative estimate of drug-likeness (QED) is 0.704. The summed E-state index contributed by atoms with van der Waals surface area (Å²) in [6, 6.07) is 10.2. The molecule has 0 unspecified atom stereocenters. The molecule has 27 heavy (non-hydrogen) atoms. The van der Waals surface area contributed by atoms with E-state index in [0.717, 1.165) is 17.7 Å². The third-order valence-electron chi connectivity index (χ3n) is 4.50. The summed E-state index contributed by atoms with van der Waals surface area (Å²) in [6.07, 6.45) is 1.19. The van der Waals surface area contributed by atoms with E-state index in [1.807, 2.05) is 25.1 Å². The fraction of sp³-hybridized carbons (Fsp3) is 0.524. The second kappa shape index (κ2) is 9.31. The van der Waals surface area contributed by atoms with Crippen LogP contribution in [0.2, 0.25) is 0 Å². The van der Waals surface area contributed by atoms with E-state index in [2.05, 4.69) is 49.9 Å². The molecule has 1 amide bonds. The number of para-hydroxylation sites is 1. The number of amides is 1. The van der Waals surface area contributed by atoms with Crippen LogP contribution in [0.3, 0.4) is 0 Å². The first-order valence-electron chi connectivity index (χ1n) is 9.54. The zero-order valence-electron chi connectivity index (χ0n) is 16.9. The number of benzene rings is 1. The maximum atomic E-state index is 13.0. The summed E-state index contributed by atoms with van der Waals surface area (Å²) in [7, 11) is 0. The summed E-state index contributed by atoms with van der Waals surface area (Å²) in [4.78, 5) is 19.1. The van der Waals surface area contributed by atoms with Crippen LogP contribution in [0.5, 0.6) is 0 Å². The minimum atomic E-state index is -0.213. The third kappa shape index (κ3) is 5.16. The highest BCUT2D eigenvalue weighted by atomic mass is 16.2. The molecule has 0 spiro atoms. The highest BCUT2D eigenvalue weighted by Crippen LogP contribution is 2.23. The van der Waals surface area contributed by atoms with Gasteiger partial charge in [-0.2, -0.15) is 5.26 Å². The van der Waals surface area contributed by atoms with Gasteiger partial charge in [0, 0.05) is 13.1 Å². The van der Waals surface area contributed by atoms with Crippen molar-refractivity contribution in [3.63, 3.8) is 0 Å². The molecule has 1 heterocycles. The van der Waals surface area contributed by atoms with Crippen LogP contribution in [-0.4, -0.2) is 38.7 Å². The highest BCUT2D eigenvalue weighted by Gasteiger charge is 2.22. The predicted molar refractivity (Wildman–Crippen MR) is 106 cm³/mol. The van der Waals surface area contributed by atoms with E-state index in [4.69, 9.17) is 5.26 Å². The molecular weight excluding hydrogens is 338 g/mol. The Kier molecular flexibility index (Phi) is 7.12. The first-order chi connectivity index (χ1) is 12.8. The van der Waals surface area contributed by atoms with Crippen LogP contribution in [0.15, 0.2) is 24.3 Å². The standard InChI is InChI=1S/C21H29N5O/c1-15(2)11-14-25(13-8-12-22)21(27)20-23-17(5)26(24-20)19-10-7-6-9-18(19)16(3)4/h6-7,9-10,15-16H,8,11,13-14H2,1-5H3. The van der Waals surface area contributed by atoms with E-state index >= 15 is 0 Å². The second-order valence-corrected chi connectivity index (χ2v) is 7.49. The molecule has 6 heteroatoms. The maximum Gasteiger partial charge on any atom is 0.293 e. The van der Waals surface area contributed by atoms with Gasteiger partial charge in [0.25, 0.3) is 5.91 Å². The number of carbonyl (C=O) groups is 1. The number of nitrogens with zero attached hydrogens (tertiary/aromatic N) is 5. The van der Waals surface area contributed by atoms with Crippen molar-refractivity contribution in [2.24, 2.45) is 5.92 Å². The topological polar surface area (TPSA) is 74.8 Å². The van der Waals surface area contributed by atoms with Gasteiger partial charge in [0.05, 0.1) is 18.2 Å². The van der Waals surface area contributed by atoms with Crippen LogP contribution in [0.1, 0.15) is 68.5 Å². The van der Waals surface area contributed by atoms with E-state index in [1.54, 1.807) is 9.58 Å². The van der Waals surface area contributed by atoms with Crippen molar-refractivity contribution < 1.29 is 4.79 Å². The Morgan fingerprint density at radius 1 is 1.22 bits per heavy atom. The van der Waals surface area contributed by atoms with Gasteiger partial charge in [-0.1, -0.05) is 45.9 Å². The average Bonchev–Trinajstić information content (AvgIpc) is 3.02. The van der Waals surface area contributed by atoms with E-state index in [1.165, 1.54) is 0 Å². The SMILES string of the molecule is Cc1nc(C(=O)N(CCC#N)CCC(C)C)nn1-c1ccccc1C(C)C. The predicted octanol–water partition coefficient (Wildman–Crippen LogP) is 4.10. The lowest BCUT2D eigenvalue weighted by atomic mass is 10.0. The molecule has 0 aliphatic rings. The molecule has 0 saturated carbocycles. The Hall–Kier alpha value is -2.68. The lowest BCUT2D eigenvalue weighted by Crippen LogP contribution is -2.34. The Balaban J connectivity index is 2.33. The Morgan fingerprint density at radius 3 is 2.56 bits per heavy atom. The Morgan fingerprint density at radius 2 is 1.93 bits per heavy atom. The van der Waals surface area contributed by atoms with Gasteiger partial charge in [0.2, 0.25) is 5.82 Å². The van der Waals surface area contributed by atoms with Gasteiger partial charge in [-0.05, 0) is 36.8 Å². The minimum absolute atomic E-state index is 0.188. The van der Waals surface area contributed by atoms with Crippen molar-refractivity contribution in [2.75, 3.05) is 13.1 Å². The molecule has 0 N–H and O–H groups in total. The molecule has 0 aliphatic heterocycles. The molecule has 1 aromatic carbocycles. The number of aryl methyl sites for hydroxylation is 1. The van der Waals surface area contributed by atoms with Crippen molar-refractivity contribution in [1.82, 2.24) is 19.7 Å². The number of hydrogen-bond donors (Lipinski definition) is 0. The minimum Gasteiger partial charge on any atom is -0.335 e. The molecule has 1 aromatic heterocycles. The molecule has 0 atom stereocenters. The number of aromatic nitrogens is 3. The molecule has 0 fully saturated rings. The first kappa shape index (κ1) is 20.6. The third-order valence-corrected chi connectivity index (χ3v) is 4.50. The van der Waals surface area contributed by atoms with Crippen LogP contribution >= 0.6 is 0 Å². The van der Waals surface area contributed by atoms with Crippen LogP contribution in [0.4, 0.5) is 0 Å². The molecule has 0 radical (unpaired) electrons. The summed E-state index contributed by atoms with van der Waals surface area (Å²) in [5.74, 6) is 1.47. The summed E-state index contributed by atoms with van der Waals surface area (Å²) in [5, 5.41) is 13.4.